The van der Waals surface area contributed by atoms with Crippen molar-refractivity contribution in [2.24, 2.45) is 51.2 Å². The number of nitrogens with one attached hydrogen (secondary N) is 1. The van der Waals surface area contributed by atoms with Crippen LogP contribution >= 0.6 is 0 Å². The van der Waals surface area contributed by atoms with Crippen molar-refractivity contribution in [3.05, 3.63) is 35.5 Å². The highest BCUT2D eigenvalue weighted by Crippen LogP contribution is 2.76. The average Bonchev–Trinajstić information content (AvgIpc) is 3.45. The first kappa shape index (κ1) is 38.8. The molecule has 6 nitrogen and oxygen atoms in total. The summed E-state index contributed by atoms with van der Waals surface area (Å²) in [5.41, 5.74) is 2.58. The summed E-state index contributed by atoms with van der Waals surface area (Å²) in [6.07, 6.45) is 18.9. The summed E-state index contributed by atoms with van der Waals surface area (Å²) in [4.78, 5) is 14.1. The Morgan fingerprint density at radius 2 is 1.63 bits per heavy atom. The number of allylic oxidation sites excluding steroid dienone is 5. The van der Waals surface area contributed by atoms with Crippen molar-refractivity contribution in [2.45, 2.75) is 148 Å². The lowest BCUT2D eigenvalue weighted by Crippen LogP contribution is -2.68. The molecule has 5 fully saturated rings. The molecule has 7 aliphatic rings. The maximum absolute atomic E-state index is 15.0. The van der Waals surface area contributed by atoms with E-state index in [-0.39, 0.29) is 45.3 Å². The van der Waals surface area contributed by atoms with Crippen LogP contribution in [0.3, 0.4) is 0 Å². The van der Waals surface area contributed by atoms with E-state index < -0.39 is 21.5 Å². The third kappa shape index (κ3) is 5.87. The SMILES string of the molecule is C=C(C)C1CCC2(NCCN3CCC(S(C)(=O)=O)CC3)CCC3(C)C(CCC4C5(C)CC=C(C6=CCC(F)(C(=O)O)CC6)C(C)(C)C5CCC43C)C12. The van der Waals surface area contributed by atoms with Crippen molar-refractivity contribution < 1.29 is 22.7 Å². The van der Waals surface area contributed by atoms with Gasteiger partial charge in [-0.25, -0.2) is 17.6 Å². The van der Waals surface area contributed by atoms with Crippen molar-refractivity contribution in [1.29, 1.82) is 0 Å². The van der Waals surface area contributed by atoms with E-state index in [0.717, 1.165) is 45.4 Å². The minimum absolute atomic E-state index is 0.0276. The zero-order valence-electron chi connectivity index (χ0n) is 33.5. The van der Waals surface area contributed by atoms with Gasteiger partial charge < -0.3 is 15.3 Å². The number of sulfone groups is 1. The molecule has 7 rings (SSSR count). The number of rotatable bonds is 8. The lowest BCUT2D eigenvalue weighted by molar-refractivity contribution is -0.221. The molecule has 1 heterocycles. The Bertz CT molecular complexity index is 1630. The number of carboxylic acids is 1. The molecule has 10 unspecified atom stereocenters. The van der Waals surface area contributed by atoms with Crippen LogP contribution in [0, 0.1) is 51.2 Å². The van der Waals surface area contributed by atoms with Crippen LogP contribution in [0.25, 0.3) is 0 Å². The van der Waals surface area contributed by atoms with Crippen molar-refractivity contribution >= 4 is 15.8 Å². The van der Waals surface area contributed by atoms with E-state index >= 15 is 4.39 Å². The molecular formula is C44H69FN2O4S. The van der Waals surface area contributed by atoms with Crippen LogP contribution in [0.1, 0.15) is 131 Å². The van der Waals surface area contributed by atoms with E-state index in [1.807, 2.05) is 6.08 Å². The molecule has 0 bridgehead atoms. The number of likely N-dealkylation sites (tertiary alicyclic amines) is 1. The van der Waals surface area contributed by atoms with E-state index in [4.69, 9.17) is 0 Å². The summed E-state index contributed by atoms with van der Waals surface area (Å²) < 4.78 is 39.3. The second-order valence-electron chi connectivity index (χ2n) is 20.4. The second-order valence-corrected chi connectivity index (χ2v) is 22.7. The number of aliphatic carboxylic acids is 1. The van der Waals surface area contributed by atoms with Gasteiger partial charge in [0.05, 0.1) is 5.25 Å². The maximum Gasteiger partial charge on any atom is 0.341 e. The number of carboxylic acid groups (broad SMARTS) is 1. The fraction of sp³-hybridized carbons (Fsp3) is 0.841. The van der Waals surface area contributed by atoms with E-state index in [2.05, 4.69) is 64.4 Å². The van der Waals surface area contributed by atoms with E-state index in [1.165, 1.54) is 74.3 Å². The van der Waals surface area contributed by atoms with Gasteiger partial charge in [0, 0.05) is 31.3 Å². The summed E-state index contributed by atoms with van der Waals surface area (Å²) in [5, 5.41) is 13.6. The first-order chi connectivity index (χ1) is 24.2. The van der Waals surface area contributed by atoms with Crippen LogP contribution in [0.2, 0.25) is 0 Å². The monoisotopic (exact) mass is 740 g/mol. The molecule has 2 N–H and O–H groups in total. The number of nitrogens with zero attached hydrogens (tertiary/aromatic N) is 1. The molecule has 0 spiro atoms. The van der Waals surface area contributed by atoms with E-state index in [9.17, 15) is 18.3 Å². The number of hydrogen-bond donors (Lipinski definition) is 2. The van der Waals surface area contributed by atoms with Crippen molar-refractivity contribution in [1.82, 2.24) is 10.2 Å². The smallest absolute Gasteiger partial charge is 0.341 e. The van der Waals surface area contributed by atoms with Gasteiger partial charge in [-0.1, -0.05) is 58.9 Å². The Morgan fingerprint density at radius 3 is 2.25 bits per heavy atom. The number of carbonyl (C=O) groups is 1. The van der Waals surface area contributed by atoms with Gasteiger partial charge >= 0.3 is 5.97 Å². The second kappa shape index (κ2) is 13.0. The molecule has 292 valence electrons. The van der Waals surface area contributed by atoms with E-state index in [0.29, 0.717) is 36.0 Å². The van der Waals surface area contributed by atoms with Gasteiger partial charge in [-0.05, 0) is 166 Å². The Morgan fingerprint density at radius 1 is 0.923 bits per heavy atom. The Kier molecular flexibility index (Phi) is 9.71. The lowest BCUT2D eigenvalue weighted by Gasteiger charge is -2.72. The van der Waals surface area contributed by atoms with Gasteiger partial charge in [-0.15, -0.1) is 0 Å². The summed E-state index contributed by atoms with van der Waals surface area (Å²) in [6, 6.07) is 0. The minimum atomic E-state index is -2.96. The highest BCUT2D eigenvalue weighted by molar-refractivity contribution is 7.91. The highest BCUT2D eigenvalue weighted by Gasteiger charge is 2.70. The molecule has 0 amide bonds. The summed E-state index contributed by atoms with van der Waals surface area (Å²) in [5.74, 6) is 1.68. The van der Waals surface area contributed by atoms with Crippen molar-refractivity contribution in [2.75, 3.05) is 32.4 Å². The molecule has 4 saturated carbocycles. The van der Waals surface area contributed by atoms with Crippen molar-refractivity contribution in [3.63, 3.8) is 0 Å². The van der Waals surface area contributed by atoms with Gasteiger partial charge in [0.1, 0.15) is 9.84 Å². The number of halogens is 1. The molecule has 10 atom stereocenters. The first-order valence-electron chi connectivity index (χ1n) is 20.9. The number of fused-ring (bicyclic) bond motifs is 7. The standard InChI is InChI=1S/C44H69FN2O4S/c1-29(2)32-13-22-44(46-25-28-47-26-16-31(17-27-47)52(8,50)51)24-23-41(6)34(37(32)44)9-10-36-40(5)18-14-33(30-11-20-43(45,21-12-30)38(48)49)39(3,4)35(40)15-19-42(36,41)7/h11,14,31-32,34-37,46H,1,9-10,12-13,15-28H2,2-8H3,(H,48,49). The summed E-state index contributed by atoms with van der Waals surface area (Å²) in [7, 11) is -2.96. The van der Waals surface area contributed by atoms with E-state index in [1.54, 1.807) is 0 Å². The van der Waals surface area contributed by atoms with Gasteiger partial charge in [-0.3, -0.25) is 0 Å². The normalized spacial score (nSPS) is 45.1. The third-order valence-corrected chi connectivity index (χ3v) is 19.6. The molecule has 52 heavy (non-hydrogen) atoms. The van der Waals surface area contributed by atoms with Gasteiger partial charge in [0.15, 0.2) is 0 Å². The quantitative estimate of drug-likeness (QED) is 0.242. The number of piperidine rings is 1. The van der Waals surface area contributed by atoms with Gasteiger partial charge in [0.25, 0.3) is 0 Å². The predicted octanol–water partition coefficient (Wildman–Crippen LogP) is 8.93. The zero-order chi connectivity index (χ0) is 37.7. The molecular weight excluding hydrogens is 672 g/mol. The Labute approximate surface area is 314 Å². The van der Waals surface area contributed by atoms with Crippen LogP contribution in [-0.2, 0) is 14.6 Å². The van der Waals surface area contributed by atoms with Crippen molar-refractivity contribution in [3.8, 4) is 0 Å². The first-order valence-corrected chi connectivity index (χ1v) is 22.8. The van der Waals surface area contributed by atoms with Gasteiger partial charge in [-0.2, -0.15) is 0 Å². The van der Waals surface area contributed by atoms with Crippen LogP contribution in [0.4, 0.5) is 4.39 Å². The number of hydrogen-bond acceptors (Lipinski definition) is 5. The van der Waals surface area contributed by atoms with Crippen LogP contribution in [-0.4, -0.2) is 73.3 Å². The minimum Gasteiger partial charge on any atom is -0.479 e. The molecule has 8 heteroatoms. The molecule has 1 saturated heterocycles. The molecule has 1 aliphatic heterocycles. The fourth-order valence-electron chi connectivity index (χ4n) is 14.9. The summed E-state index contributed by atoms with van der Waals surface area (Å²) in [6.45, 7) is 23.4. The lowest BCUT2D eigenvalue weighted by atomic mass is 9.33. The molecule has 0 radical (unpaired) electrons. The summed E-state index contributed by atoms with van der Waals surface area (Å²) >= 11 is 0. The highest BCUT2D eigenvalue weighted by atomic mass is 32.2. The molecule has 0 aromatic rings. The van der Waals surface area contributed by atoms with Crippen LogP contribution < -0.4 is 5.32 Å². The maximum atomic E-state index is 15.0. The fourth-order valence-corrected chi connectivity index (χ4v) is 16.0. The Balaban J connectivity index is 1.11. The average molecular weight is 741 g/mol. The molecule has 6 aliphatic carbocycles. The molecule has 0 aromatic heterocycles. The zero-order valence-corrected chi connectivity index (χ0v) is 34.3. The largest absolute Gasteiger partial charge is 0.479 e. The van der Waals surface area contributed by atoms with Crippen LogP contribution in [0.5, 0.6) is 0 Å². The van der Waals surface area contributed by atoms with Crippen LogP contribution in [0.15, 0.2) is 35.5 Å². The third-order valence-electron chi connectivity index (χ3n) is 17.9. The number of alkyl halides is 1. The molecule has 0 aromatic carbocycles. The van der Waals surface area contributed by atoms with Gasteiger partial charge in [0.2, 0.25) is 5.67 Å². The topological polar surface area (TPSA) is 86.7 Å². The predicted molar refractivity (Wildman–Crippen MR) is 208 cm³/mol. The Hall–Kier alpha value is -1.51.